The van der Waals surface area contributed by atoms with Crippen LogP contribution in [0.2, 0.25) is 0 Å². The number of nitrogens with zero attached hydrogens (tertiary/aromatic N) is 2. The zero-order chi connectivity index (χ0) is 44.0. The van der Waals surface area contributed by atoms with Gasteiger partial charge >= 0.3 is 0 Å². The van der Waals surface area contributed by atoms with Crippen LogP contribution in [0.15, 0.2) is 249 Å². The minimum absolute atomic E-state index is 0.179. The Morgan fingerprint density at radius 2 is 1.00 bits per heavy atom. The Morgan fingerprint density at radius 1 is 0.394 bits per heavy atom. The highest BCUT2D eigenvalue weighted by molar-refractivity contribution is 6.12. The molecule has 0 amide bonds. The van der Waals surface area contributed by atoms with Crippen LogP contribution in [0.5, 0.6) is 0 Å². The molecule has 66 heavy (non-hydrogen) atoms. The highest BCUT2D eigenvalue weighted by Crippen LogP contribution is 2.45. The van der Waals surface area contributed by atoms with Crippen molar-refractivity contribution in [2.45, 2.75) is 12.8 Å². The summed E-state index contributed by atoms with van der Waals surface area (Å²) in [5, 5.41) is 6.36. The van der Waals surface area contributed by atoms with E-state index in [2.05, 4.69) is 271 Å². The molecular formula is C64H46N2. The Labute approximate surface area is 386 Å². The predicted molar refractivity (Wildman–Crippen MR) is 281 cm³/mol. The molecule has 1 atom stereocenters. The predicted octanol–water partition coefficient (Wildman–Crippen LogP) is 17.6. The van der Waals surface area contributed by atoms with Gasteiger partial charge in [0.15, 0.2) is 0 Å². The molecular weight excluding hydrogens is 797 g/mol. The van der Waals surface area contributed by atoms with Crippen molar-refractivity contribution < 1.29 is 0 Å². The lowest BCUT2D eigenvalue weighted by atomic mass is 9.94. The number of anilines is 3. The van der Waals surface area contributed by atoms with Gasteiger partial charge in [-0.1, -0.05) is 207 Å². The molecule has 1 aliphatic rings. The molecule has 11 aromatic rings. The molecule has 312 valence electrons. The van der Waals surface area contributed by atoms with E-state index in [-0.39, 0.29) is 5.92 Å². The second-order valence-corrected chi connectivity index (χ2v) is 17.3. The van der Waals surface area contributed by atoms with Gasteiger partial charge < -0.3 is 9.47 Å². The molecule has 1 aromatic heterocycles. The first-order valence-corrected chi connectivity index (χ1v) is 22.9. The van der Waals surface area contributed by atoms with E-state index in [9.17, 15) is 0 Å². The molecule has 12 rings (SSSR count). The lowest BCUT2D eigenvalue weighted by Gasteiger charge is -2.28. The van der Waals surface area contributed by atoms with Crippen molar-refractivity contribution in [2.24, 2.45) is 0 Å². The van der Waals surface area contributed by atoms with Crippen molar-refractivity contribution >= 4 is 61.2 Å². The smallest absolute Gasteiger partial charge is 0.0540 e. The maximum Gasteiger partial charge on any atom is 0.0540 e. The van der Waals surface area contributed by atoms with Crippen molar-refractivity contribution in [3.63, 3.8) is 0 Å². The van der Waals surface area contributed by atoms with Crippen LogP contribution in [0.25, 0.3) is 83.2 Å². The number of fused-ring (bicyclic) bond motifs is 6. The molecule has 0 unspecified atom stereocenters. The number of aromatic nitrogens is 1. The van der Waals surface area contributed by atoms with Crippen molar-refractivity contribution in [1.29, 1.82) is 0 Å². The van der Waals surface area contributed by atoms with E-state index in [1.54, 1.807) is 0 Å². The minimum atomic E-state index is 0.179. The van der Waals surface area contributed by atoms with E-state index < -0.39 is 0 Å². The Kier molecular flexibility index (Phi) is 9.84. The first-order chi connectivity index (χ1) is 32.7. The van der Waals surface area contributed by atoms with Crippen LogP contribution in [0.3, 0.4) is 0 Å². The summed E-state index contributed by atoms with van der Waals surface area (Å²) in [5.74, 6) is 0.179. The van der Waals surface area contributed by atoms with Gasteiger partial charge in [-0.3, -0.25) is 0 Å². The lowest BCUT2D eigenvalue weighted by molar-refractivity contribution is 0.962. The van der Waals surface area contributed by atoms with Crippen LogP contribution in [-0.4, -0.2) is 4.57 Å². The molecule has 0 N–H and O–H groups in total. The fourth-order valence-electron chi connectivity index (χ4n) is 10.3. The molecule has 0 spiro atoms. The second kappa shape index (κ2) is 16.6. The van der Waals surface area contributed by atoms with E-state index >= 15 is 0 Å². The van der Waals surface area contributed by atoms with Gasteiger partial charge in [0.1, 0.15) is 0 Å². The molecule has 2 heteroatoms. The second-order valence-electron chi connectivity index (χ2n) is 17.3. The van der Waals surface area contributed by atoms with E-state index in [0.717, 1.165) is 28.2 Å². The van der Waals surface area contributed by atoms with E-state index in [1.807, 2.05) is 0 Å². The highest BCUT2D eigenvalue weighted by Gasteiger charge is 2.24. The van der Waals surface area contributed by atoms with Crippen LogP contribution in [0.1, 0.15) is 29.7 Å². The maximum atomic E-state index is 2.44. The lowest BCUT2D eigenvalue weighted by Crippen LogP contribution is -2.11. The average Bonchev–Trinajstić information content (AvgIpc) is 3.62. The fraction of sp³-hybridized carbons (Fsp3) is 0.0312. The number of hydrogen-bond acceptors (Lipinski definition) is 1. The van der Waals surface area contributed by atoms with Gasteiger partial charge in [0.2, 0.25) is 0 Å². The number of allylic oxidation sites excluding steroid dienone is 3. The first-order valence-electron chi connectivity index (χ1n) is 22.9. The molecule has 0 bridgehead atoms. The summed E-state index contributed by atoms with van der Waals surface area (Å²) in [4.78, 5) is 2.43. The molecule has 1 aliphatic carbocycles. The van der Waals surface area contributed by atoms with Crippen LogP contribution in [0, 0.1) is 0 Å². The normalized spacial score (nSPS) is 13.4. The van der Waals surface area contributed by atoms with Crippen LogP contribution >= 0.6 is 0 Å². The molecule has 10 aromatic carbocycles. The van der Waals surface area contributed by atoms with E-state index in [4.69, 9.17) is 0 Å². The van der Waals surface area contributed by atoms with Crippen LogP contribution < -0.4 is 4.90 Å². The summed E-state index contributed by atoms with van der Waals surface area (Å²) in [6, 6.07) is 86.1. The summed E-state index contributed by atoms with van der Waals surface area (Å²) in [6.45, 7) is 2.34. The van der Waals surface area contributed by atoms with Crippen molar-refractivity contribution in [3.05, 3.63) is 266 Å². The van der Waals surface area contributed by atoms with Crippen molar-refractivity contribution in [2.75, 3.05) is 4.90 Å². The van der Waals surface area contributed by atoms with Crippen LogP contribution in [-0.2, 0) is 0 Å². The third-order valence-corrected chi connectivity index (χ3v) is 13.4. The molecule has 0 saturated heterocycles. The van der Waals surface area contributed by atoms with Gasteiger partial charge in [-0.25, -0.2) is 0 Å². The van der Waals surface area contributed by atoms with Crippen molar-refractivity contribution in [3.8, 4) is 39.1 Å². The first kappa shape index (κ1) is 39.2. The average molecular weight is 843 g/mol. The number of para-hydroxylation sites is 3. The SMILES string of the molecule is C[C@H]1C=C(c2cccc(N(c3ccc(-c4cccc5c4ccc4ccccc45)cc3)c3ccccc3-c3ccc(-c4ccccc4)cc3)c2)C=Cc2c1c1ccccc1n2-c1ccccc1. The van der Waals surface area contributed by atoms with Crippen LogP contribution in [0.4, 0.5) is 17.1 Å². The summed E-state index contributed by atoms with van der Waals surface area (Å²) < 4.78 is 2.42. The summed E-state index contributed by atoms with van der Waals surface area (Å²) in [6.07, 6.45) is 7.08. The summed E-state index contributed by atoms with van der Waals surface area (Å²) in [7, 11) is 0. The Bertz CT molecular complexity index is 3630. The molecule has 0 fully saturated rings. The number of hydrogen-bond donors (Lipinski definition) is 0. The number of rotatable bonds is 8. The fourth-order valence-corrected chi connectivity index (χ4v) is 10.3. The Morgan fingerprint density at radius 3 is 1.83 bits per heavy atom. The molecule has 1 heterocycles. The van der Waals surface area contributed by atoms with E-state index in [1.165, 1.54) is 82.8 Å². The zero-order valence-electron chi connectivity index (χ0n) is 36.7. The molecule has 0 aliphatic heterocycles. The largest absolute Gasteiger partial charge is 0.310 e. The molecule has 0 radical (unpaired) electrons. The Balaban J connectivity index is 0.977. The number of benzene rings is 10. The molecule has 2 nitrogen and oxygen atoms in total. The Hall–Kier alpha value is -8.46. The van der Waals surface area contributed by atoms with Gasteiger partial charge in [0.05, 0.1) is 16.9 Å². The third kappa shape index (κ3) is 6.92. The third-order valence-electron chi connectivity index (χ3n) is 13.4. The quantitative estimate of drug-likeness (QED) is 0.138. The summed E-state index contributed by atoms with van der Waals surface area (Å²) in [5.41, 5.74) is 17.8. The topological polar surface area (TPSA) is 8.17 Å². The highest BCUT2D eigenvalue weighted by atomic mass is 15.1. The molecule has 0 saturated carbocycles. The monoisotopic (exact) mass is 842 g/mol. The van der Waals surface area contributed by atoms with E-state index in [0.29, 0.717) is 0 Å². The summed E-state index contributed by atoms with van der Waals surface area (Å²) >= 11 is 0. The van der Waals surface area contributed by atoms with Gasteiger partial charge in [-0.05, 0) is 121 Å². The standard InChI is InChI=1S/C64H46N2/c1-44-42-51(37-41-63-64(44)60-25-11-13-29-62(60)66(63)52-20-6-3-7-21-52)50-19-14-22-54(43-50)65(61-28-12-10-24-57(61)49-32-30-46(31-33-49)45-16-4-2-5-17-45)53-38-34-48(35-39-53)56-26-15-27-58-55-23-9-8-18-47(55)36-40-59(56)58/h2-44H,1H3/t44-/m0/s1. The maximum absolute atomic E-state index is 2.44. The van der Waals surface area contributed by atoms with Gasteiger partial charge in [-0.2, -0.15) is 0 Å². The van der Waals surface area contributed by atoms with Crippen molar-refractivity contribution in [1.82, 2.24) is 4.57 Å². The van der Waals surface area contributed by atoms with Gasteiger partial charge in [-0.15, -0.1) is 0 Å². The van der Waals surface area contributed by atoms with Gasteiger partial charge in [0.25, 0.3) is 0 Å². The zero-order valence-corrected chi connectivity index (χ0v) is 36.7. The van der Waals surface area contributed by atoms with Gasteiger partial charge in [0, 0.05) is 33.9 Å². The minimum Gasteiger partial charge on any atom is -0.310 e.